The Bertz CT molecular complexity index is 1560. The van der Waals surface area contributed by atoms with E-state index in [1.165, 1.54) is 12.1 Å². The third kappa shape index (κ3) is 6.42. The van der Waals surface area contributed by atoms with Crippen molar-refractivity contribution in [2.75, 3.05) is 6.61 Å². The van der Waals surface area contributed by atoms with E-state index in [1.807, 2.05) is 6.92 Å². The number of carbonyl (C=O) groups is 1. The molecule has 1 aromatic heterocycles. The minimum Gasteiger partial charge on any atom is -0.394 e. The van der Waals surface area contributed by atoms with Crippen LogP contribution < -0.4 is 17.0 Å². The van der Waals surface area contributed by atoms with Crippen molar-refractivity contribution in [1.29, 1.82) is 0 Å². The van der Waals surface area contributed by atoms with Gasteiger partial charge >= 0.3 is 5.69 Å². The van der Waals surface area contributed by atoms with Gasteiger partial charge in [-0.2, -0.15) is 12.8 Å². The van der Waals surface area contributed by atoms with Gasteiger partial charge in [-0.05, 0) is 31.0 Å². The maximum atomic E-state index is 13.9. The van der Waals surface area contributed by atoms with Crippen LogP contribution >= 0.6 is 0 Å². The molecule has 0 radical (unpaired) electrons. The molecule has 0 bridgehead atoms. The van der Waals surface area contributed by atoms with Gasteiger partial charge in [-0.15, -0.1) is 0 Å². The van der Waals surface area contributed by atoms with Crippen LogP contribution in [0.2, 0.25) is 0 Å². The van der Waals surface area contributed by atoms with Crippen LogP contribution in [0.4, 0.5) is 4.39 Å². The highest BCUT2D eigenvalue weighted by Crippen LogP contribution is 2.36. The van der Waals surface area contributed by atoms with Crippen LogP contribution in [0.15, 0.2) is 75.3 Å². The van der Waals surface area contributed by atoms with Crippen molar-refractivity contribution in [3.63, 3.8) is 0 Å². The summed E-state index contributed by atoms with van der Waals surface area (Å²) in [5.41, 5.74) is 2.37. The maximum absolute atomic E-state index is 13.9. The number of ether oxygens (including phenoxy) is 1. The van der Waals surface area contributed by atoms with Gasteiger partial charge in [-0.3, -0.25) is 23.7 Å². The Kier molecular flexibility index (Phi) is 9.52. The third-order valence-electron chi connectivity index (χ3n) is 6.18. The molecule has 0 saturated carbocycles. The zero-order valence-corrected chi connectivity index (χ0v) is 21.9. The summed E-state index contributed by atoms with van der Waals surface area (Å²) in [5, 5.41) is 30.2. The minimum absolute atomic E-state index is 0.0159. The number of aryl methyl sites for hydroxylation is 1. The average molecular weight is 582 g/mol. The van der Waals surface area contributed by atoms with Gasteiger partial charge in [0.15, 0.2) is 0 Å². The Balaban J connectivity index is 0.000000336. The number of Topliss-reactive ketones (excluding diaryl/α,β-unsaturated/α-hetero) is 1. The summed E-state index contributed by atoms with van der Waals surface area (Å²) in [6.07, 6.45) is -4.94. The summed E-state index contributed by atoms with van der Waals surface area (Å²) in [5.74, 6) is -2.47. The van der Waals surface area contributed by atoms with Crippen LogP contribution in [0.5, 0.6) is 0 Å². The molecular formula is C25H28FN3O10S. The second-order valence-electron chi connectivity index (χ2n) is 9.03. The molecule has 1 aliphatic rings. The van der Waals surface area contributed by atoms with Gasteiger partial charge in [0, 0.05) is 0 Å². The number of aromatic nitrogens is 2. The zero-order chi connectivity index (χ0) is 29.8. The average Bonchev–Trinajstić information content (AvgIpc) is 3.17. The molecule has 216 valence electrons. The van der Waals surface area contributed by atoms with Gasteiger partial charge < -0.3 is 25.8 Å². The van der Waals surface area contributed by atoms with E-state index in [-0.39, 0.29) is 11.3 Å². The van der Waals surface area contributed by atoms with E-state index in [2.05, 4.69) is 0 Å². The molecule has 0 spiro atoms. The van der Waals surface area contributed by atoms with Crippen LogP contribution in [-0.4, -0.2) is 74.6 Å². The van der Waals surface area contributed by atoms with E-state index in [0.717, 1.165) is 5.56 Å². The van der Waals surface area contributed by atoms with Crippen LogP contribution in [0.25, 0.3) is 0 Å². The van der Waals surface area contributed by atoms with Crippen LogP contribution in [-0.2, 0) is 31.8 Å². The van der Waals surface area contributed by atoms with E-state index in [4.69, 9.17) is 15.0 Å². The molecule has 15 heteroatoms. The van der Waals surface area contributed by atoms with Crippen molar-refractivity contribution in [3.05, 3.63) is 98.6 Å². The molecule has 0 aliphatic carbocycles. The van der Waals surface area contributed by atoms with Crippen LogP contribution in [0.3, 0.4) is 0 Å². The highest BCUT2D eigenvalue weighted by Gasteiger charge is 2.61. The van der Waals surface area contributed by atoms with Crippen molar-refractivity contribution in [2.45, 2.75) is 48.3 Å². The summed E-state index contributed by atoms with van der Waals surface area (Å²) in [7, 11) is -4.02. The summed E-state index contributed by atoms with van der Waals surface area (Å²) in [6.45, 7) is 1.04. The Labute approximate surface area is 227 Å². The quantitative estimate of drug-likeness (QED) is 0.182. The standard InChI is InChI=1S/C18H20FN3O7.C7H8O3S/c19-10-7-22(17(28)21-16(10)27)18(15(26)13(24)12(8-23)29-18)14(25)11(20)6-9-4-2-1-3-5-9;1-6-2-4-7(5-3-6)11(8,9)10/h1-5,7,11-13,15,23-24,26H,6,8,20H2,(H,21,27,28);2-5H,1H3,(H,8,9,10)/t11-,12+,13+,15+,18+;/m0./s1. The van der Waals surface area contributed by atoms with Crippen molar-refractivity contribution < 1.29 is 42.2 Å². The van der Waals surface area contributed by atoms with Gasteiger partial charge in [-0.25, -0.2) is 4.79 Å². The van der Waals surface area contributed by atoms with Crippen LogP contribution in [0, 0.1) is 12.7 Å². The molecule has 0 amide bonds. The highest BCUT2D eigenvalue weighted by atomic mass is 32.2. The van der Waals surface area contributed by atoms with Crippen molar-refractivity contribution in [2.24, 2.45) is 5.73 Å². The number of hydrogen-bond acceptors (Lipinski definition) is 10. The first-order valence-corrected chi connectivity index (χ1v) is 13.2. The molecule has 1 saturated heterocycles. The fraction of sp³-hybridized carbons (Fsp3) is 0.320. The fourth-order valence-electron chi connectivity index (χ4n) is 4.10. The highest BCUT2D eigenvalue weighted by molar-refractivity contribution is 7.85. The zero-order valence-electron chi connectivity index (χ0n) is 21.0. The van der Waals surface area contributed by atoms with Gasteiger partial charge in [0.2, 0.25) is 17.3 Å². The number of hydrogen-bond donors (Lipinski definition) is 6. The second kappa shape index (κ2) is 12.3. The molecule has 1 fully saturated rings. The Morgan fingerprint density at radius 2 is 1.75 bits per heavy atom. The molecule has 40 heavy (non-hydrogen) atoms. The van der Waals surface area contributed by atoms with Crippen LogP contribution in [0.1, 0.15) is 11.1 Å². The van der Waals surface area contributed by atoms with Gasteiger partial charge in [0.1, 0.15) is 18.3 Å². The smallest absolute Gasteiger partial charge is 0.331 e. The summed E-state index contributed by atoms with van der Waals surface area (Å²) >= 11 is 0. The molecule has 3 aromatic rings. The number of aliphatic hydroxyl groups is 3. The second-order valence-corrected chi connectivity index (χ2v) is 10.4. The normalized spacial score (nSPS) is 23.2. The number of aromatic amines is 1. The number of nitrogens with two attached hydrogens (primary N) is 1. The van der Waals surface area contributed by atoms with E-state index in [9.17, 15) is 42.5 Å². The number of rotatable bonds is 7. The lowest BCUT2D eigenvalue weighted by Gasteiger charge is -2.34. The summed E-state index contributed by atoms with van der Waals surface area (Å²) in [6, 6.07) is 13.2. The predicted octanol–water partition coefficient (Wildman–Crippen LogP) is -1.18. The van der Waals surface area contributed by atoms with Gasteiger partial charge in [0.05, 0.1) is 23.7 Å². The Morgan fingerprint density at radius 3 is 2.27 bits per heavy atom. The third-order valence-corrected chi connectivity index (χ3v) is 7.05. The molecule has 0 unspecified atom stereocenters. The van der Waals surface area contributed by atoms with Gasteiger partial charge in [0.25, 0.3) is 15.7 Å². The first kappa shape index (κ1) is 31.0. The van der Waals surface area contributed by atoms with E-state index in [1.54, 1.807) is 47.4 Å². The SMILES string of the molecule is Cc1ccc(S(=O)(=O)O)cc1.N[C@@H](Cc1ccccc1)C(=O)[C@@]1(n2cc(F)c(=O)[nH]c2=O)O[C@H](CO)[C@@H](O)[C@H]1O. The summed E-state index contributed by atoms with van der Waals surface area (Å²) in [4.78, 5) is 38.6. The first-order valence-electron chi connectivity index (χ1n) is 11.8. The largest absolute Gasteiger partial charge is 0.394 e. The lowest BCUT2D eigenvalue weighted by molar-refractivity contribution is -0.177. The lowest BCUT2D eigenvalue weighted by Crippen LogP contribution is -2.61. The van der Waals surface area contributed by atoms with Crippen molar-refractivity contribution in [3.8, 4) is 0 Å². The Morgan fingerprint density at radius 1 is 1.15 bits per heavy atom. The monoisotopic (exact) mass is 581 g/mol. The predicted molar refractivity (Wildman–Crippen MR) is 137 cm³/mol. The molecule has 1 aliphatic heterocycles. The van der Waals surface area contributed by atoms with E-state index >= 15 is 0 Å². The molecule has 4 rings (SSSR count). The number of ketones is 1. The topological polar surface area (TPSA) is 222 Å². The van der Waals surface area contributed by atoms with E-state index in [0.29, 0.717) is 16.3 Å². The maximum Gasteiger partial charge on any atom is 0.331 e. The molecule has 2 heterocycles. The lowest BCUT2D eigenvalue weighted by atomic mass is 9.91. The number of benzene rings is 2. The number of aliphatic hydroxyl groups excluding tert-OH is 3. The molecule has 5 atom stereocenters. The molecule has 13 nitrogen and oxygen atoms in total. The molecule has 2 aromatic carbocycles. The number of H-pyrrole nitrogens is 1. The summed E-state index contributed by atoms with van der Waals surface area (Å²) < 4.78 is 49.2. The molecule has 7 N–H and O–H groups in total. The van der Waals surface area contributed by atoms with Gasteiger partial charge in [-0.1, -0.05) is 48.0 Å². The number of nitrogens with zero attached hydrogens (tertiary/aromatic N) is 1. The first-order chi connectivity index (χ1) is 18.7. The van der Waals surface area contributed by atoms with E-state index < -0.39 is 69.7 Å². The molecular weight excluding hydrogens is 553 g/mol. The number of nitrogens with one attached hydrogen (secondary N) is 1. The Hall–Kier alpha value is -3.57. The fourth-order valence-corrected chi connectivity index (χ4v) is 4.58. The number of carbonyl (C=O) groups excluding carboxylic acids is 1. The number of halogens is 1. The minimum atomic E-state index is -4.02. The van der Waals surface area contributed by atoms with Crippen molar-refractivity contribution >= 4 is 15.9 Å². The van der Waals surface area contributed by atoms with Crippen molar-refractivity contribution in [1.82, 2.24) is 9.55 Å².